The Hall–Kier alpha value is -3.58. The number of hydrogen-bond acceptors (Lipinski definition) is 5. The summed E-state index contributed by atoms with van der Waals surface area (Å²) in [7, 11) is 1.31. The van der Waals surface area contributed by atoms with E-state index in [0.717, 1.165) is 24.0 Å². The number of carbonyl (C=O) groups excluding carboxylic acids is 1. The van der Waals surface area contributed by atoms with Gasteiger partial charge in [-0.3, -0.25) is 0 Å². The first kappa shape index (κ1) is 27.0. The summed E-state index contributed by atoms with van der Waals surface area (Å²) in [4.78, 5) is 17.5. The van der Waals surface area contributed by atoms with Crippen LogP contribution in [0.25, 0.3) is 0 Å². The molecule has 0 bridgehead atoms. The van der Waals surface area contributed by atoms with Crippen LogP contribution in [0.2, 0.25) is 15.1 Å². The van der Waals surface area contributed by atoms with Gasteiger partial charge in [-0.2, -0.15) is 0 Å². The zero-order valence-corrected chi connectivity index (χ0v) is 23.1. The van der Waals surface area contributed by atoms with Gasteiger partial charge in [-0.05, 0) is 61.2 Å². The van der Waals surface area contributed by atoms with Crippen LogP contribution in [0.5, 0.6) is 5.75 Å². The van der Waals surface area contributed by atoms with Crippen molar-refractivity contribution in [2.24, 2.45) is 5.92 Å². The lowest BCUT2D eigenvalue weighted by atomic mass is 9.80. The number of terminal acetylenes is 1. The molecule has 0 radical (unpaired) electrons. The van der Waals surface area contributed by atoms with E-state index in [0.29, 0.717) is 43.1 Å². The summed E-state index contributed by atoms with van der Waals surface area (Å²) in [6.45, 7) is 0.238. The normalized spacial score (nSPS) is 17.8. The number of esters is 1. The van der Waals surface area contributed by atoms with Crippen molar-refractivity contribution in [3.63, 3.8) is 0 Å². The summed E-state index contributed by atoms with van der Waals surface area (Å²) in [6, 6.07) is 15.6. The Kier molecular flexibility index (Phi) is 7.80. The lowest BCUT2D eigenvalue weighted by Crippen LogP contribution is -2.43. The molecule has 0 spiro atoms. The summed E-state index contributed by atoms with van der Waals surface area (Å²) in [5.74, 6) is 8.92. The zero-order chi connectivity index (χ0) is 27.6. The zero-order valence-electron chi connectivity index (χ0n) is 20.8. The molecule has 1 aliphatic heterocycles. The third kappa shape index (κ3) is 5.46. The average molecular weight is 579 g/mol. The van der Waals surface area contributed by atoms with Gasteiger partial charge in [0.25, 0.3) is 0 Å². The number of halogens is 3. The maximum Gasteiger partial charge on any atom is 0.337 e. The number of benzene rings is 3. The minimum atomic E-state index is -0.666. The fraction of sp³-hybridized carbons (Fsp3) is 0.194. The highest BCUT2D eigenvalue weighted by Gasteiger charge is 2.54. The first-order chi connectivity index (χ1) is 18.8. The van der Waals surface area contributed by atoms with Gasteiger partial charge in [0.2, 0.25) is 0 Å². The number of ether oxygens (including phenoxy) is 2. The minimum absolute atomic E-state index is 0.238. The highest BCUT2D eigenvalue weighted by Crippen LogP contribution is 2.54. The van der Waals surface area contributed by atoms with Gasteiger partial charge < -0.3 is 14.3 Å². The van der Waals surface area contributed by atoms with Gasteiger partial charge in [-0.1, -0.05) is 58.6 Å². The van der Waals surface area contributed by atoms with E-state index >= 15 is 0 Å². The topological polar surface area (TPSA) is 56.8 Å². The molecule has 2 aliphatic rings. The molecule has 5 nitrogen and oxygen atoms in total. The Labute approximate surface area is 242 Å². The van der Waals surface area contributed by atoms with Crippen molar-refractivity contribution in [2.45, 2.75) is 18.4 Å². The Balaban J connectivity index is 1.35. The molecular weight excluding hydrogens is 557 g/mol. The molecule has 1 heterocycles. The largest absolute Gasteiger partial charge is 0.489 e. The molecule has 1 saturated carbocycles. The molecule has 1 unspecified atom stereocenters. The molecule has 196 valence electrons. The van der Waals surface area contributed by atoms with Gasteiger partial charge in [-0.15, -0.1) is 11.9 Å². The van der Waals surface area contributed by atoms with Crippen LogP contribution in [-0.2, 0) is 15.1 Å². The standard InChI is InChI=1S/C31H22Cl3NO4/c1-3-19-13-20(15-22(14-19)30(36)37-2)7-8-21-9-12-25(16-28(21)34)38-17-24-18-39-35-31(24,23-10-11-23)29-26(32)5-4-6-27(29)33/h1,4-6,9,12-16,18,23,35H,10-11,17H2,2H3. The van der Waals surface area contributed by atoms with Crippen molar-refractivity contribution in [3.8, 4) is 29.9 Å². The van der Waals surface area contributed by atoms with E-state index in [1.165, 1.54) is 7.11 Å². The van der Waals surface area contributed by atoms with Crippen molar-refractivity contribution in [1.82, 2.24) is 5.48 Å². The van der Waals surface area contributed by atoms with Crippen LogP contribution in [0.1, 0.15) is 45.5 Å². The third-order valence-electron chi connectivity index (χ3n) is 6.67. The number of rotatable bonds is 6. The molecule has 0 amide bonds. The molecule has 0 aromatic heterocycles. The third-order valence-corrected chi connectivity index (χ3v) is 7.61. The second-order valence-electron chi connectivity index (χ2n) is 9.16. The SMILES string of the molecule is C#Cc1cc(C#Cc2ccc(OCC3=CONC3(c3c(Cl)cccc3Cl)C3CC3)cc2Cl)cc(C(=O)OC)c1. The van der Waals surface area contributed by atoms with E-state index in [4.69, 9.17) is 55.5 Å². The lowest BCUT2D eigenvalue weighted by Gasteiger charge is -2.33. The van der Waals surface area contributed by atoms with E-state index in [1.807, 2.05) is 18.2 Å². The lowest BCUT2D eigenvalue weighted by molar-refractivity contribution is 0.0600. The smallest absolute Gasteiger partial charge is 0.337 e. The number of hydrogen-bond donors (Lipinski definition) is 1. The fourth-order valence-electron chi connectivity index (χ4n) is 4.66. The maximum absolute atomic E-state index is 11.9. The molecule has 5 rings (SSSR count). The molecule has 1 fully saturated rings. The second kappa shape index (κ2) is 11.3. The molecule has 8 heteroatoms. The number of hydroxylamine groups is 1. The van der Waals surface area contributed by atoms with Crippen LogP contribution in [0.4, 0.5) is 0 Å². The van der Waals surface area contributed by atoms with E-state index in [-0.39, 0.29) is 12.5 Å². The van der Waals surface area contributed by atoms with Crippen LogP contribution >= 0.6 is 34.8 Å². The number of methoxy groups -OCH3 is 1. The fourth-order valence-corrected chi connectivity index (χ4v) is 5.57. The molecule has 3 aromatic rings. The average Bonchev–Trinajstić information content (AvgIpc) is 3.71. The van der Waals surface area contributed by atoms with Crippen molar-refractivity contribution >= 4 is 40.8 Å². The Bertz CT molecular complexity index is 1570. The summed E-state index contributed by atoms with van der Waals surface area (Å²) in [6.07, 6.45) is 9.21. The van der Waals surface area contributed by atoms with Gasteiger partial charge in [0.1, 0.15) is 24.2 Å². The van der Waals surface area contributed by atoms with Crippen LogP contribution in [0.3, 0.4) is 0 Å². The van der Waals surface area contributed by atoms with E-state index in [9.17, 15) is 4.79 Å². The predicted octanol–water partition coefficient (Wildman–Crippen LogP) is 6.92. The summed E-state index contributed by atoms with van der Waals surface area (Å²) in [5, 5.41) is 1.55. The molecule has 1 atom stereocenters. The van der Waals surface area contributed by atoms with Crippen LogP contribution in [0, 0.1) is 30.1 Å². The highest BCUT2D eigenvalue weighted by atomic mass is 35.5. The van der Waals surface area contributed by atoms with Crippen LogP contribution in [-0.4, -0.2) is 19.7 Å². The molecule has 1 aliphatic carbocycles. The maximum atomic E-state index is 11.9. The monoisotopic (exact) mass is 577 g/mol. The molecule has 0 saturated heterocycles. The first-order valence-electron chi connectivity index (χ1n) is 12.1. The number of nitrogens with one attached hydrogen (secondary N) is 1. The van der Waals surface area contributed by atoms with Gasteiger partial charge >= 0.3 is 5.97 Å². The van der Waals surface area contributed by atoms with Gasteiger partial charge in [0, 0.05) is 43.9 Å². The molecular formula is C31H22Cl3NO4. The Morgan fingerprint density at radius 2 is 1.79 bits per heavy atom. The van der Waals surface area contributed by atoms with Gasteiger partial charge in [-0.25, -0.2) is 4.79 Å². The van der Waals surface area contributed by atoms with E-state index in [2.05, 4.69) is 23.2 Å². The first-order valence-corrected chi connectivity index (χ1v) is 13.2. The predicted molar refractivity (Wildman–Crippen MR) is 152 cm³/mol. The van der Waals surface area contributed by atoms with Crippen molar-refractivity contribution in [3.05, 3.63) is 109 Å². The summed E-state index contributed by atoms with van der Waals surface area (Å²) >= 11 is 19.7. The molecule has 3 aromatic carbocycles. The van der Waals surface area contributed by atoms with Crippen LogP contribution in [0.15, 0.2) is 66.4 Å². The molecule has 39 heavy (non-hydrogen) atoms. The van der Waals surface area contributed by atoms with Gasteiger partial charge in [0.15, 0.2) is 0 Å². The number of carbonyl (C=O) groups is 1. The summed E-state index contributed by atoms with van der Waals surface area (Å²) in [5.41, 5.74) is 6.18. The summed E-state index contributed by atoms with van der Waals surface area (Å²) < 4.78 is 10.9. The van der Waals surface area contributed by atoms with E-state index in [1.54, 1.807) is 42.7 Å². The van der Waals surface area contributed by atoms with Crippen molar-refractivity contribution < 1.29 is 19.1 Å². The van der Waals surface area contributed by atoms with Crippen molar-refractivity contribution in [1.29, 1.82) is 0 Å². The van der Waals surface area contributed by atoms with E-state index < -0.39 is 11.5 Å². The Morgan fingerprint density at radius 3 is 2.46 bits per heavy atom. The Morgan fingerprint density at radius 1 is 1.05 bits per heavy atom. The van der Waals surface area contributed by atoms with Crippen LogP contribution < -0.4 is 10.2 Å². The second-order valence-corrected chi connectivity index (χ2v) is 10.4. The highest BCUT2D eigenvalue weighted by molar-refractivity contribution is 6.36. The quantitative estimate of drug-likeness (QED) is 0.254. The van der Waals surface area contributed by atoms with Gasteiger partial charge in [0.05, 0.1) is 17.7 Å². The molecule has 1 N–H and O–H groups in total. The van der Waals surface area contributed by atoms with Crippen molar-refractivity contribution in [2.75, 3.05) is 13.7 Å². The minimum Gasteiger partial charge on any atom is -0.489 e.